The highest BCUT2D eigenvalue weighted by molar-refractivity contribution is 6.07. The van der Waals surface area contributed by atoms with E-state index in [1.165, 1.54) is 6.07 Å². The predicted molar refractivity (Wildman–Crippen MR) is 97.0 cm³/mol. The molecule has 2 N–H and O–H groups in total. The summed E-state index contributed by atoms with van der Waals surface area (Å²) in [6.45, 7) is 1.47. The Morgan fingerprint density at radius 1 is 1.15 bits per heavy atom. The molecule has 0 saturated carbocycles. The molecule has 2 fully saturated rings. The summed E-state index contributed by atoms with van der Waals surface area (Å²) < 4.78 is 14.1. The van der Waals surface area contributed by atoms with Crippen LogP contribution < -0.4 is 10.6 Å². The van der Waals surface area contributed by atoms with E-state index < -0.39 is 17.4 Å². The molecule has 140 valence electrons. The van der Waals surface area contributed by atoms with Crippen LogP contribution in [0.3, 0.4) is 0 Å². The fourth-order valence-corrected chi connectivity index (χ4v) is 4.09. The number of nitrogens with one attached hydrogen (secondary N) is 2. The van der Waals surface area contributed by atoms with E-state index in [1.54, 1.807) is 36.7 Å². The molecular formula is C20H21FN4O2. The van der Waals surface area contributed by atoms with Crippen LogP contribution in [0.4, 0.5) is 9.18 Å². The normalized spacial score (nSPS) is 23.5. The third-order valence-corrected chi connectivity index (χ3v) is 5.49. The van der Waals surface area contributed by atoms with E-state index in [1.807, 2.05) is 6.07 Å². The van der Waals surface area contributed by atoms with Crippen molar-refractivity contribution in [3.05, 3.63) is 65.7 Å². The fraction of sp³-hybridized carbons (Fsp3) is 0.350. The van der Waals surface area contributed by atoms with Crippen molar-refractivity contribution in [2.24, 2.45) is 5.92 Å². The second-order valence-corrected chi connectivity index (χ2v) is 6.99. The number of pyridine rings is 1. The summed E-state index contributed by atoms with van der Waals surface area (Å²) in [7, 11) is 0. The van der Waals surface area contributed by atoms with Crippen LogP contribution in [-0.4, -0.2) is 34.9 Å². The van der Waals surface area contributed by atoms with Crippen LogP contribution in [-0.2, 0) is 16.9 Å². The second-order valence-electron chi connectivity index (χ2n) is 6.99. The lowest BCUT2D eigenvalue weighted by molar-refractivity contribution is -0.134. The molecule has 1 atom stereocenters. The molecule has 3 amide bonds. The number of rotatable bonds is 4. The first-order valence-electron chi connectivity index (χ1n) is 9.11. The number of benzene rings is 1. The van der Waals surface area contributed by atoms with E-state index in [0.717, 1.165) is 30.8 Å². The number of aromatic nitrogens is 1. The maximum absolute atomic E-state index is 14.1. The second kappa shape index (κ2) is 7.08. The summed E-state index contributed by atoms with van der Waals surface area (Å²) in [5.74, 6) is -0.820. The zero-order valence-electron chi connectivity index (χ0n) is 14.8. The average molecular weight is 368 g/mol. The van der Waals surface area contributed by atoms with Crippen molar-refractivity contribution in [3.63, 3.8) is 0 Å². The molecular weight excluding hydrogens is 347 g/mol. The summed E-state index contributed by atoms with van der Waals surface area (Å²) in [6, 6.07) is 9.28. The average Bonchev–Trinajstić information content (AvgIpc) is 2.96. The number of halogens is 1. The van der Waals surface area contributed by atoms with E-state index in [9.17, 15) is 14.0 Å². The van der Waals surface area contributed by atoms with Gasteiger partial charge < -0.3 is 10.6 Å². The van der Waals surface area contributed by atoms with Gasteiger partial charge in [0.15, 0.2) is 5.54 Å². The van der Waals surface area contributed by atoms with Gasteiger partial charge >= 0.3 is 6.03 Å². The predicted octanol–water partition coefficient (Wildman–Crippen LogP) is 2.17. The number of carbonyl (C=O) groups excluding carboxylic acids is 2. The molecule has 0 bridgehead atoms. The van der Waals surface area contributed by atoms with Gasteiger partial charge in [-0.05, 0) is 44.0 Å². The number of piperidine rings is 1. The molecule has 0 spiro atoms. The molecule has 6 nitrogen and oxygen atoms in total. The summed E-state index contributed by atoms with van der Waals surface area (Å²) >= 11 is 0. The minimum Gasteiger partial charge on any atom is -0.319 e. The van der Waals surface area contributed by atoms with Crippen molar-refractivity contribution in [1.82, 2.24) is 20.5 Å². The van der Waals surface area contributed by atoms with Crippen LogP contribution >= 0.6 is 0 Å². The Bertz CT molecular complexity index is 854. The SMILES string of the molecule is O=C1N[C@@](c2cccnc2)(C2CCNCC2)C(=O)N1Cc1ccccc1F. The molecule has 2 aliphatic rings. The van der Waals surface area contributed by atoms with Gasteiger partial charge in [-0.3, -0.25) is 14.7 Å². The smallest absolute Gasteiger partial charge is 0.319 e. The monoisotopic (exact) mass is 368 g/mol. The van der Waals surface area contributed by atoms with Crippen molar-refractivity contribution in [2.75, 3.05) is 13.1 Å². The largest absolute Gasteiger partial charge is 0.325 e. The Morgan fingerprint density at radius 2 is 1.93 bits per heavy atom. The maximum atomic E-state index is 14.1. The van der Waals surface area contributed by atoms with Gasteiger partial charge in [0.25, 0.3) is 5.91 Å². The van der Waals surface area contributed by atoms with Crippen LogP contribution in [0.1, 0.15) is 24.0 Å². The Morgan fingerprint density at radius 3 is 2.63 bits per heavy atom. The number of imide groups is 1. The highest BCUT2D eigenvalue weighted by Crippen LogP contribution is 2.40. The zero-order valence-corrected chi connectivity index (χ0v) is 14.8. The van der Waals surface area contributed by atoms with E-state index in [4.69, 9.17) is 0 Å². The lowest BCUT2D eigenvalue weighted by Crippen LogP contribution is -2.53. The molecule has 2 saturated heterocycles. The molecule has 2 aromatic rings. The minimum absolute atomic E-state index is 0.0509. The van der Waals surface area contributed by atoms with Crippen LogP contribution in [0.2, 0.25) is 0 Å². The standard InChI is InChI=1S/C20H21FN4O2/c21-17-6-2-1-4-14(17)13-25-18(26)20(24-19(25)27,15-7-10-22-11-8-15)16-5-3-9-23-12-16/h1-6,9,12,15,22H,7-8,10-11,13H2,(H,24,27)/t20-/m1/s1. The molecule has 27 heavy (non-hydrogen) atoms. The number of amides is 3. The van der Waals surface area contributed by atoms with E-state index in [-0.39, 0.29) is 18.4 Å². The first kappa shape index (κ1) is 17.6. The van der Waals surface area contributed by atoms with Crippen LogP contribution in [0.25, 0.3) is 0 Å². The van der Waals surface area contributed by atoms with Crippen molar-refractivity contribution in [1.29, 1.82) is 0 Å². The van der Waals surface area contributed by atoms with Gasteiger partial charge in [0.05, 0.1) is 6.54 Å². The molecule has 4 rings (SSSR count). The molecule has 1 aromatic heterocycles. The van der Waals surface area contributed by atoms with Gasteiger partial charge in [0, 0.05) is 23.5 Å². The van der Waals surface area contributed by atoms with Gasteiger partial charge in [-0.15, -0.1) is 0 Å². The number of carbonyl (C=O) groups is 2. The van der Waals surface area contributed by atoms with E-state index >= 15 is 0 Å². The third-order valence-electron chi connectivity index (χ3n) is 5.49. The van der Waals surface area contributed by atoms with Crippen LogP contribution in [0, 0.1) is 11.7 Å². The number of nitrogens with zero attached hydrogens (tertiary/aromatic N) is 2. The van der Waals surface area contributed by atoms with Crippen LogP contribution in [0.5, 0.6) is 0 Å². The third kappa shape index (κ3) is 2.98. The highest BCUT2D eigenvalue weighted by Gasteiger charge is 2.56. The molecule has 0 unspecified atom stereocenters. The van der Waals surface area contributed by atoms with Gasteiger partial charge in [0.2, 0.25) is 0 Å². The quantitative estimate of drug-likeness (QED) is 0.811. The van der Waals surface area contributed by atoms with Gasteiger partial charge in [-0.25, -0.2) is 9.18 Å². The molecule has 1 aromatic carbocycles. The van der Waals surface area contributed by atoms with Gasteiger partial charge in [0.1, 0.15) is 5.82 Å². The van der Waals surface area contributed by atoms with Crippen LogP contribution in [0.15, 0.2) is 48.8 Å². The summed E-state index contributed by atoms with van der Waals surface area (Å²) in [6.07, 6.45) is 4.79. The van der Waals surface area contributed by atoms with E-state index in [0.29, 0.717) is 11.1 Å². The van der Waals surface area contributed by atoms with Gasteiger partial charge in [-0.2, -0.15) is 0 Å². The molecule has 2 aliphatic heterocycles. The summed E-state index contributed by atoms with van der Waals surface area (Å²) in [5, 5.41) is 6.23. The Labute approximate surface area is 156 Å². The minimum atomic E-state index is -1.15. The molecule has 7 heteroatoms. The lowest BCUT2D eigenvalue weighted by Gasteiger charge is -2.37. The lowest BCUT2D eigenvalue weighted by atomic mass is 9.74. The van der Waals surface area contributed by atoms with Crippen molar-refractivity contribution >= 4 is 11.9 Å². The molecule has 0 aliphatic carbocycles. The Kier molecular flexibility index (Phi) is 4.61. The Hall–Kier alpha value is -2.80. The topological polar surface area (TPSA) is 74.3 Å². The van der Waals surface area contributed by atoms with Crippen molar-refractivity contribution in [3.8, 4) is 0 Å². The first-order valence-corrected chi connectivity index (χ1v) is 9.11. The zero-order chi connectivity index (χ0) is 18.9. The number of hydrogen-bond acceptors (Lipinski definition) is 4. The maximum Gasteiger partial charge on any atom is 0.325 e. The fourth-order valence-electron chi connectivity index (χ4n) is 4.09. The van der Waals surface area contributed by atoms with E-state index in [2.05, 4.69) is 15.6 Å². The first-order chi connectivity index (χ1) is 13.1. The highest BCUT2D eigenvalue weighted by atomic mass is 19.1. The van der Waals surface area contributed by atoms with Gasteiger partial charge in [-0.1, -0.05) is 24.3 Å². The van der Waals surface area contributed by atoms with Crippen molar-refractivity contribution < 1.29 is 14.0 Å². The Balaban J connectivity index is 1.73. The summed E-state index contributed by atoms with van der Waals surface area (Å²) in [5.41, 5.74) is -0.168. The molecule has 3 heterocycles. The number of urea groups is 1. The number of hydrogen-bond donors (Lipinski definition) is 2. The van der Waals surface area contributed by atoms with Crippen molar-refractivity contribution in [2.45, 2.75) is 24.9 Å². The molecule has 0 radical (unpaired) electrons. The summed E-state index contributed by atoms with van der Waals surface area (Å²) in [4.78, 5) is 31.6.